The Balaban J connectivity index is 1.57. The molecule has 0 atom stereocenters. The third-order valence-corrected chi connectivity index (χ3v) is 3.74. The lowest BCUT2D eigenvalue weighted by molar-refractivity contribution is -0.144. The molecule has 20 heavy (non-hydrogen) atoms. The van der Waals surface area contributed by atoms with Crippen LogP contribution in [-0.4, -0.2) is 72.1 Å². The molecule has 0 aromatic carbocycles. The van der Waals surface area contributed by atoms with Gasteiger partial charge in [0, 0.05) is 44.6 Å². The van der Waals surface area contributed by atoms with E-state index >= 15 is 0 Å². The Hall–Kier alpha value is -1.18. The summed E-state index contributed by atoms with van der Waals surface area (Å²) in [5.74, 6) is -0.153. The number of carbonyl (C=O) groups is 1. The lowest BCUT2D eigenvalue weighted by Crippen LogP contribution is -2.45. The number of aryl methyl sites for hydroxylation is 1. The highest BCUT2D eigenvalue weighted by atomic mass is 32.1. The second-order valence-corrected chi connectivity index (χ2v) is 5.54. The molecule has 1 aliphatic rings. The number of nitrogens with one attached hydrogen (secondary N) is 2. The van der Waals surface area contributed by atoms with Crippen molar-refractivity contribution in [1.29, 1.82) is 0 Å². The Morgan fingerprint density at radius 3 is 2.80 bits per heavy atom. The van der Waals surface area contributed by atoms with E-state index in [4.69, 9.17) is 17.0 Å². The fraction of sp³-hybridized carbons (Fsp3) is 0.692. The predicted octanol–water partition coefficient (Wildman–Crippen LogP) is 0.795. The van der Waals surface area contributed by atoms with E-state index in [1.807, 2.05) is 0 Å². The second-order valence-electron chi connectivity index (χ2n) is 5.13. The third-order valence-electron chi connectivity index (χ3n) is 3.52. The zero-order valence-electron chi connectivity index (χ0n) is 11.9. The average Bonchev–Trinajstić information content (AvgIpc) is 2.85. The molecule has 1 aromatic rings. The summed E-state index contributed by atoms with van der Waals surface area (Å²) in [6.07, 6.45) is 2.80. The van der Waals surface area contributed by atoms with Crippen molar-refractivity contribution < 1.29 is 9.53 Å². The van der Waals surface area contributed by atoms with Crippen molar-refractivity contribution in [1.82, 2.24) is 19.8 Å². The third kappa shape index (κ3) is 5.07. The van der Waals surface area contributed by atoms with Gasteiger partial charge >= 0.3 is 5.97 Å². The number of likely N-dealkylation sites (N-methyl/N-ethyl adjacent to an activating group) is 1. The maximum absolute atomic E-state index is 11.6. The highest BCUT2D eigenvalue weighted by Crippen LogP contribution is 2.01. The molecule has 6 nitrogen and oxygen atoms in total. The number of imidazole rings is 1. The molecule has 0 radical (unpaired) electrons. The standard InChI is InChI=1S/C13H22N4O2S/c1-16-4-6-17(7-5-16)8-9-19-12(18)3-2-11-10-14-13(20)15-11/h10H,2-9H2,1H3,(H2,14,15,20). The molecule has 2 heterocycles. The summed E-state index contributed by atoms with van der Waals surface area (Å²) in [4.78, 5) is 22.1. The van der Waals surface area contributed by atoms with Crippen LogP contribution < -0.4 is 0 Å². The van der Waals surface area contributed by atoms with Crippen LogP contribution in [0.1, 0.15) is 12.1 Å². The van der Waals surface area contributed by atoms with Gasteiger partial charge in [0.25, 0.3) is 0 Å². The molecule has 1 aromatic heterocycles. The number of esters is 1. The van der Waals surface area contributed by atoms with Crippen molar-refractivity contribution in [2.75, 3.05) is 46.4 Å². The Labute approximate surface area is 124 Å². The molecule has 0 unspecified atom stereocenters. The molecule has 0 bridgehead atoms. The van der Waals surface area contributed by atoms with Gasteiger partial charge < -0.3 is 19.6 Å². The van der Waals surface area contributed by atoms with Gasteiger partial charge in [0.1, 0.15) is 6.61 Å². The zero-order chi connectivity index (χ0) is 14.4. The van der Waals surface area contributed by atoms with Crippen LogP contribution in [0.2, 0.25) is 0 Å². The molecular weight excluding hydrogens is 276 g/mol. The molecule has 1 saturated heterocycles. The Morgan fingerprint density at radius 2 is 2.15 bits per heavy atom. The van der Waals surface area contributed by atoms with Gasteiger partial charge in [-0.25, -0.2) is 0 Å². The Morgan fingerprint density at radius 1 is 1.40 bits per heavy atom. The van der Waals surface area contributed by atoms with Gasteiger partial charge in [-0.05, 0) is 25.7 Å². The Bertz CT molecular complexity index is 477. The molecule has 7 heteroatoms. The van der Waals surface area contributed by atoms with Gasteiger partial charge in [-0.1, -0.05) is 0 Å². The first kappa shape index (κ1) is 15.2. The molecule has 0 spiro atoms. The van der Waals surface area contributed by atoms with Crippen molar-refractivity contribution in [2.45, 2.75) is 12.8 Å². The highest BCUT2D eigenvalue weighted by Gasteiger charge is 2.13. The van der Waals surface area contributed by atoms with Crippen LogP contribution in [0.4, 0.5) is 0 Å². The Kier molecular flexibility index (Phi) is 5.75. The van der Waals surface area contributed by atoms with E-state index in [1.54, 1.807) is 6.20 Å². The first-order chi connectivity index (χ1) is 9.63. The molecule has 112 valence electrons. The van der Waals surface area contributed by atoms with Crippen LogP contribution >= 0.6 is 12.2 Å². The molecule has 0 aliphatic carbocycles. The van der Waals surface area contributed by atoms with E-state index in [-0.39, 0.29) is 5.97 Å². The van der Waals surface area contributed by atoms with E-state index in [2.05, 4.69) is 26.8 Å². The van der Waals surface area contributed by atoms with Crippen molar-refractivity contribution >= 4 is 18.2 Å². The van der Waals surface area contributed by atoms with Gasteiger partial charge in [-0.15, -0.1) is 0 Å². The maximum atomic E-state index is 11.6. The summed E-state index contributed by atoms with van der Waals surface area (Å²) >= 11 is 4.93. The minimum Gasteiger partial charge on any atom is -0.464 e. The summed E-state index contributed by atoms with van der Waals surface area (Å²) < 4.78 is 5.84. The van der Waals surface area contributed by atoms with Crippen LogP contribution in [-0.2, 0) is 16.0 Å². The van der Waals surface area contributed by atoms with E-state index in [0.29, 0.717) is 24.2 Å². The fourth-order valence-electron chi connectivity index (χ4n) is 2.17. The fourth-order valence-corrected chi connectivity index (χ4v) is 2.36. The molecule has 1 fully saturated rings. The van der Waals surface area contributed by atoms with Crippen LogP contribution in [0.15, 0.2) is 6.20 Å². The lowest BCUT2D eigenvalue weighted by atomic mass is 10.2. The number of ether oxygens (including phenoxy) is 1. The minimum atomic E-state index is -0.153. The van der Waals surface area contributed by atoms with Gasteiger partial charge in [0.05, 0.1) is 6.42 Å². The van der Waals surface area contributed by atoms with Crippen molar-refractivity contribution in [2.24, 2.45) is 0 Å². The maximum Gasteiger partial charge on any atom is 0.306 e. The molecule has 0 amide bonds. The molecule has 0 saturated carbocycles. The summed E-state index contributed by atoms with van der Waals surface area (Å²) in [6.45, 7) is 5.57. The van der Waals surface area contributed by atoms with Crippen LogP contribution in [0.25, 0.3) is 0 Å². The molecule has 1 aliphatic heterocycles. The number of piperazine rings is 1. The van der Waals surface area contributed by atoms with Crippen LogP contribution in [0.5, 0.6) is 0 Å². The zero-order valence-corrected chi connectivity index (χ0v) is 12.7. The van der Waals surface area contributed by atoms with Gasteiger partial charge in [-0.3, -0.25) is 9.69 Å². The number of hydrogen-bond donors (Lipinski definition) is 2. The van der Waals surface area contributed by atoms with Crippen LogP contribution in [0.3, 0.4) is 0 Å². The van der Waals surface area contributed by atoms with E-state index < -0.39 is 0 Å². The summed E-state index contributed by atoms with van der Waals surface area (Å²) in [5, 5.41) is 0. The molecule has 2 N–H and O–H groups in total. The monoisotopic (exact) mass is 298 g/mol. The highest BCUT2D eigenvalue weighted by molar-refractivity contribution is 7.71. The van der Waals surface area contributed by atoms with E-state index in [1.165, 1.54) is 0 Å². The predicted molar refractivity (Wildman–Crippen MR) is 79.2 cm³/mol. The normalized spacial score (nSPS) is 17.2. The average molecular weight is 298 g/mol. The first-order valence-electron chi connectivity index (χ1n) is 6.96. The van der Waals surface area contributed by atoms with Crippen molar-refractivity contribution in [3.8, 4) is 0 Å². The minimum absolute atomic E-state index is 0.153. The summed E-state index contributed by atoms with van der Waals surface area (Å²) in [6, 6.07) is 0. The lowest BCUT2D eigenvalue weighted by Gasteiger charge is -2.32. The molecule has 2 rings (SSSR count). The summed E-state index contributed by atoms with van der Waals surface area (Å²) in [7, 11) is 2.13. The smallest absolute Gasteiger partial charge is 0.306 e. The van der Waals surface area contributed by atoms with Crippen LogP contribution in [0, 0.1) is 4.77 Å². The van der Waals surface area contributed by atoms with Gasteiger partial charge in [-0.2, -0.15) is 0 Å². The number of hydrogen-bond acceptors (Lipinski definition) is 5. The number of H-pyrrole nitrogens is 2. The first-order valence-corrected chi connectivity index (χ1v) is 7.37. The number of aromatic amines is 2. The summed E-state index contributed by atoms with van der Waals surface area (Å²) in [5.41, 5.74) is 0.936. The number of carbonyl (C=O) groups excluding carboxylic acids is 1. The van der Waals surface area contributed by atoms with Crippen molar-refractivity contribution in [3.63, 3.8) is 0 Å². The quantitative estimate of drug-likeness (QED) is 0.601. The van der Waals surface area contributed by atoms with Crippen molar-refractivity contribution in [3.05, 3.63) is 16.7 Å². The topological polar surface area (TPSA) is 64.4 Å². The van der Waals surface area contributed by atoms with E-state index in [9.17, 15) is 4.79 Å². The number of nitrogens with zero attached hydrogens (tertiary/aromatic N) is 2. The number of aromatic nitrogens is 2. The van der Waals surface area contributed by atoms with E-state index in [0.717, 1.165) is 38.4 Å². The number of rotatable bonds is 6. The second kappa shape index (κ2) is 7.56. The SMILES string of the molecule is CN1CCN(CCOC(=O)CCc2c[nH]c(=S)[nH]2)CC1. The largest absolute Gasteiger partial charge is 0.464 e. The molecular formula is C13H22N4O2S. The van der Waals surface area contributed by atoms with Gasteiger partial charge in [0.2, 0.25) is 0 Å². The van der Waals surface area contributed by atoms with Gasteiger partial charge in [0.15, 0.2) is 4.77 Å².